The van der Waals surface area contributed by atoms with Gasteiger partial charge in [0, 0.05) is 30.6 Å². The minimum Gasteiger partial charge on any atom is -0.481 e. The highest BCUT2D eigenvalue weighted by Crippen LogP contribution is 2.73. The van der Waals surface area contributed by atoms with Gasteiger partial charge in [0.15, 0.2) is 37.2 Å². The summed E-state index contributed by atoms with van der Waals surface area (Å²) >= 11 is 0. The van der Waals surface area contributed by atoms with Gasteiger partial charge >= 0.3 is 35.8 Å². The molecule has 15 fully saturated rings. The van der Waals surface area contributed by atoms with Crippen LogP contribution in [0.3, 0.4) is 0 Å². The van der Waals surface area contributed by atoms with Gasteiger partial charge < -0.3 is 109 Å². The molecule has 14 N–H and O–H groups in total. The minimum absolute atomic E-state index is 0.0139. The van der Waals surface area contributed by atoms with Crippen molar-refractivity contribution in [1.82, 2.24) is 0 Å². The van der Waals surface area contributed by atoms with Crippen molar-refractivity contribution in [2.75, 3.05) is 0 Å². The predicted molar refractivity (Wildman–Crippen MR) is 418 cm³/mol. The number of hydrogen-bond donors (Lipinski definition) is 14. The number of hydrogen-bond acceptors (Lipinski definition) is 24. The van der Waals surface area contributed by atoms with Crippen molar-refractivity contribution >= 4 is 35.8 Å². The molecule has 668 valence electrons. The van der Waals surface area contributed by atoms with Crippen LogP contribution in [0.4, 0.5) is 0 Å². The van der Waals surface area contributed by atoms with E-state index in [4.69, 9.17) is 37.9 Å². The van der Waals surface area contributed by atoms with Gasteiger partial charge in [-0.15, -0.1) is 0 Å². The molecule has 0 bridgehead atoms. The van der Waals surface area contributed by atoms with Gasteiger partial charge in [0.1, 0.15) is 67.1 Å². The molecule has 15 rings (SSSR count). The second-order valence-corrected chi connectivity index (χ2v) is 42.7. The van der Waals surface area contributed by atoms with Crippen molar-refractivity contribution in [3.63, 3.8) is 0 Å². The molecule has 0 spiro atoms. The molecule has 12 aliphatic carbocycles. The fourth-order valence-corrected chi connectivity index (χ4v) is 31.2. The minimum atomic E-state index is -1.90. The van der Waals surface area contributed by atoms with Crippen LogP contribution in [-0.2, 0) is 66.7 Å². The van der Waals surface area contributed by atoms with E-state index in [1.165, 1.54) is 0 Å². The maximum absolute atomic E-state index is 15.3. The first-order chi connectivity index (χ1) is 55.7. The summed E-state index contributed by atoms with van der Waals surface area (Å²) in [5, 5.41) is 148. The van der Waals surface area contributed by atoms with E-state index >= 15 is 9.59 Å². The third-order valence-electron chi connectivity index (χ3n) is 37.6. The van der Waals surface area contributed by atoms with Gasteiger partial charge in [-0.3, -0.25) is 14.4 Å². The molecule has 15 aliphatic rings. The van der Waals surface area contributed by atoms with Gasteiger partial charge in [0.25, 0.3) is 0 Å². The predicted octanol–water partition coefficient (Wildman–Crippen LogP) is 8.14. The van der Waals surface area contributed by atoms with Gasteiger partial charge in [-0.05, 0) is 301 Å². The first-order valence-corrected chi connectivity index (χ1v) is 45.7. The molecule has 11 unspecified atom stereocenters. The zero-order valence-corrected chi connectivity index (χ0v) is 70.7. The number of carbonyl (C=O) groups is 6. The van der Waals surface area contributed by atoms with Gasteiger partial charge in [-0.25, -0.2) is 14.4 Å². The van der Waals surface area contributed by atoms with Crippen molar-refractivity contribution < 1.29 is 138 Å². The molecule has 45 atom stereocenters. The maximum atomic E-state index is 15.3. The van der Waals surface area contributed by atoms with E-state index in [9.17, 15) is 90.7 Å². The molecular formula is C90H140O28. The van der Waals surface area contributed by atoms with Crippen molar-refractivity contribution in [2.45, 2.75) is 384 Å². The average molecular weight is 1670 g/mol. The van der Waals surface area contributed by atoms with Crippen LogP contribution >= 0.6 is 0 Å². The Hall–Kier alpha value is -3.82. The zero-order valence-electron chi connectivity index (χ0n) is 70.7. The Bertz CT molecular complexity index is 3620. The van der Waals surface area contributed by atoms with E-state index in [2.05, 4.69) is 62.3 Å². The Labute approximate surface area is 693 Å². The number of rotatable bonds is 23. The Balaban J connectivity index is 0.622. The lowest BCUT2D eigenvalue weighted by Crippen LogP contribution is -2.64. The lowest BCUT2D eigenvalue weighted by molar-refractivity contribution is -0.311. The summed E-state index contributed by atoms with van der Waals surface area (Å²) < 4.78 is 50.0. The van der Waals surface area contributed by atoms with Crippen molar-refractivity contribution in [3.05, 3.63) is 0 Å². The van der Waals surface area contributed by atoms with E-state index in [0.717, 1.165) is 96.3 Å². The first-order valence-electron chi connectivity index (χ1n) is 45.7. The number of aliphatic carboxylic acids is 4. The monoisotopic (exact) mass is 1670 g/mol. The molecule has 0 aromatic carbocycles. The molecule has 0 amide bonds. The number of carboxylic acids is 4. The van der Waals surface area contributed by atoms with Crippen LogP contribution in [0.1, 0.15) is 255 Å². The summed E-state index contributed by atoms with van der Waals surface area (Å²) in [7, 11) is 0. The molecule has 3 aliphatic heterocycles. The molecule has 0 aromatic rings. The van der Waals surface area contributed by atoms with E-state index in [1.54, 1.807) is 0 Å². The highest BCUT2D eigenvalue weighted by molar-refractivity contribution is 5.74. The summed E-state index contributed by atoms with van der Waals surface area (Å²) in [4.78, 5) is 79.0. The third kappa shape index (κ3) is 15.5. The molecular weight excluding hydrogens is 1530 g/mol. The summed E-state index contributed by atoms with van der Waals surface area (Å²) in [6.45, 7) is 21.0. The Morgan fingerprint density at radius 2 is 0.737 bits per heavy atom. The van der Waals surface area contributed by atoms with Crippen molar-refractivity contribution in [3.8, 4) is 0 Å². The number of aliphatic hydroxyl groups is 10. The summed E-state index contributed by atoms with van der Waals surface area (Å²) in [6, 6.07) is 0. The Kier molecular flexibility index (Phi) is 25.5. The number of carboxylic acid groups (broad SMARTS) is 4. The fourth-order valence-electron chi connectivity index (χ4n) is 31.2. The Morgan fingerprint density at radius 3 is 1.23 bits per heavy atom. The van der Waals surface area contributed by atoms with Crippen LogP contribution in [-0.4, -0.2) is 236 Å². The van der Waals surface area contributed by atoms with E-state index in [0.29, 0.717) is 107 Å². The van der Waals surface area contributed by atoms with Crippen molar-refractivity contribution in [2.24, 2.45) is 139 Å². The van der Waals surface area contributed by atoms with Crippen LogP contribution in [0, 0.1) is 139 Å². The maximum Gasteiger partial charge on any atom is 0.335 e. The standard InChI is InChI=1S/C90H140O28/c1-40(50-15-18-53-49-14-13-43-34-46(24-29-85(43,4)54(49)27-32-88(50,53)7)111-82-73(102)67(96)70(99)76(116-82)79(105)106)11-22-63(94)114-60-38-45-36-48(113-84-75(104)69(98)72(101)78(118-84)81(109)110)26-31-87(45,6)58-39-61(90(9)52(17-20-57(90)66(58)60)42(3)10-21-62(92)93)115-64(95)23-12-41(2)51-16-19-55-65-56(28-33-89(51,55)8)86(5)30-25-47(35-44(86)37-59(65)91)112-83-74(103)68(97)71(100)77(117-83)80(107)108/h40-61,65-78,82-84,91,96-104H,10-39H2,1-9H3,(H,92,93)(H,105,106)(H,107,108)(H,109,110)/t40-,41-,42-,43?,44?,45+,46-,47-,48-,49?,50-,51-,52-,53?,54?,55?,56?,57+,58+,59-,60-,61+,65?,66+,67+,68+,69+,70+,71+,72+,73-,74-,75-,76+,77+,78+,82?,83?,84?,85+,86+,87+,88-,89-,90-/m1/s1. The van der Waals surface area contributed by atoms with Crippen LogP contribution in [0.2, 0.25) is 0 Å². The van der Waals surface area contributed by atoms with Crippen LogP contribution in [0.25, 0.3) is 0 Å². The average Bonchev–Trinajstić information content (AvgIpc) is 1.42. The van der Waals surface area contributed by atoms with Crippen molar-refractivity contribution in [1.29, 1.82) is 0 Å². The van der Waals surface area contributed by atoms with Gasteiger partial charge in [-0.2, -0.15) is 0 Å². The second-order valence-electron chi connectivity index (χ2n) is 42.7. The largest absolute Gasteiger partial charge is 0.481 e. The molecule has 118 heavy (non-hydrogen) atoms. The lowest BCUT2D eigenvalue weighted by Gasteiger charge is -2.64. The summed E-state index contributed by atoms with van der Waals surface area (Å²) in [5.74, 6) is -2.91. The molecule has 3 heterocycles. The van der Waals surface area contributed by atoms with Gasteiger partial charge in [0.05, 0.1) is 24.4 Å². The Morgan fingerprint density at radius 1 is 0.356 bits per heavy atom. The molecule has 28 nitrogen and oxygen atoms in total. The number of ether oxygens (including phenoxy) is 8. The third-order valence-corrected chi connectivity index (χ3v) is 37.6. The summed E-state index contributed by atoms with van der Waals surface area (Å²) in [6.07, 6.45) is -7.49. The SMILES string of the molecule is C[C@H](CCC(=O)O)[C@H]1CC[C@H]2[C@@H]3[C@H](OC(=O)CC[C@@H](C)[C@H]4CCC5C6CCC7C[C@H](OC8O[C@H](C(=O)O)[C@@H](O)[C@H](O)[C@H]8O)CC[C@]7(C)C6CC[C@@]54C)C[C@@H]4C[C@H](OC5O[C@H](C(=O)O)[C@@H](O)[C@H](O)[C@H]5O)CC[C@]4(C)[C@H]3C[C@H](OC(=O)CC[C@@H](C)[C@H]3CCC4C5C(CC[C@@]43C)[C@@]3(C)CC[C@@H](OC4O[C@H](C(=O)O)[C@@H](O)[C@H](O)[C@H]4O)CC3C[C@H]5O)[C@]12C. The van der Waals surface area contributed by atoms with Gasteiger partial charge in [0.2, 0.25) is 0 Å². The first kappa shape index (κ1) is 89.0. The van der Waals surface area contributed by atoms with Crippen LogP contribution < -0.4 is 0 Å². The molecule has 3 saturated heterocycles. The zero-order chi connectivity index (χ0) is 84.9. The molecule has 28 heteroatoms. The smallest absolute Gasteiger partial charge is 0.335 e. The number of aliphatic hydroxyl groups excluding tert-OH is 10. The van der Waals surface area contributed by atoms with Crippen LogP contribution in [0.5, 0.6) is 0 Å². The van der Waals surface area contributed by atoms with Gasteiger partial charge in [-0.1, -0.05) is 62.3 Å². The number of carbonyl (C=O) groups excluding carboxylic acids is 2. The fraction of sp³-hybridized carbons (Fsp3) is 0.933. The normalized spacial score (nSPS) is 52.2. The highest BCUT2D eigenvalue weighted by atomic mass is 16.7. The molecule has 0 radical (unpaired) electrons. The van der Waals surface area contributed by atoms with E-state index in [-0.39, 0.29) is 136 Å². The second kappa shape index (κ2) is 33.8. The molecule has 0 aromatic heterocycles. The van der Waals surface area contributed by atoms with Crippen LogP contribution in [0.15, 0.2) is 0 Å². The summed E-state index contributed by atoms with van der Waals surface area (Å²) in [5.41, 5.74) is -1.16. The van der Waals surface area contributed by atoms with E-state index in [1.807, 2.05) is 0 Å². The highest BCUT2D eigenvalue weighted by Gasteiger charge is 2.70. The van der Waals surface area contributed by atoms with E-state index < -0.39 is 157 Å². The molecule has 12 saturated carbocycles. The lowest BCUT2D eigenvalue weighted by atomic mass is 9.43. The topological polar surface area (TPSA) is 459 Å². The quantitative estimate of drug-likeness (QED) is 0.0339. The number of esters is 2. The number of fused-ring (bicyclic) bond motifs is 15.